The minimum Gasteiger partial charge on any atom is -0.324 e. The Hall–Kier alpha value is -1.03. The van der Waals surface area contributed by atoms with E-state index in [1.165, 1.54) is 12.5 Å². The maximum absolute atomic E-state index is 12.7. The largest absolute Gasteiger partial charge is 0.416 e. The van der Waals surface area contributed by atoms with Crippen molar-refractivity contribution < 1.29 is 13.2 Å². The molecule has 20 heavy (non-hydrogen) atoms. The molecular formula is C16H22F3N. The maximum atomic E-state index is 12.7. The third kappa shape index (κ3) is 3.17. The molecule has 0 radical (unpaired) electrons. The Morgan fingerprint density at radius 1 is 1.30 bits per heavy atom. The lowest BCUT2D eigenvalue weighted by Crippen LogP contribution is -2.21. The van der Waals surface area contributed by atoms with Crippen LogP contribution in [0.4, 0.5) is 13.2 Å². The van der Waals surface area contributed by atoms with E-state index in [2.05, 4.69) is 6.92 Å². The summed E-state index contributed by atoms with van der Waals surface area (Å²) in [7, 11) is 0. The Bertz CT molecular complexity index is 467. The normalized spacial score (nSPS) is 24.9. The number of nitrogens with two attached hydrogens (primary N) is 1. The summed E-state index contributed by atoms with van der Waals surface area (Å²) in [5, 5.41) is 0. The van der Waals surface area contributed by atoms with E-state index in [0.29, 0.717) is 11.5 Å². The van der Waals surface area contributed by atoms with Gasteiger partial charge in [0, 0.05) is 6.04 Å². The third-order valence-corrected chi connectivity index (χ3v) is 4.62. The van der Waals surface area contributed by atoms with E-state index in [0.717, 1.165) is 36.8 Å². The highest BCUT2D eigenvalue weighted by Crippen LogP contribution is 2.40. The van der Waals surface area contributed by atoms with E-state index in [1.807, 2.05) is 0 Å². The summed E-state index contributed by atoms with van der Waals surface area (Å²) in [4.78, 5) is 0. The summed E-state index contributed by atoms with van der Waals surface area (Å²) in [6.07, 6.45) is 0.246. The summed E-state index contributed by atoms with van der Waals surface area (Å²) < 4.78 is 38.0. The predicted molar refractivity (Wildman–Crippen MR) is 74.2 cm³/mol. The van der Waals surface area contributed by atoms with E-state index < -0.39 is 11.7 Å². The Morgan fingerprint density at radius 2 is 2.00 bits per heavy atom. The summed E-state index contributed by atoms with van der Waals surface area (Å²) in [5.74, 6) is 1.12. The lowest BCUT2D eigenvalue weighted by Gasteiger charge is -2.22. The molecule has 4 heteroatoms. The van der Waals surface area contributed by atoms with Crippen LogP contribution in [0.25, 0.3) is 0 Å². The Morgan fingerprint density at radius 3 is 2.50 bits per heavy atom. The van der Waals surface area contributed by atoms with Gasteiger partial charge in [-0.3, -0.25) is 0 Å². The second-order valence-electron chi connectivity index (χ2n) is 5.94. The van der Waals surface area contributed by atoms with E-state index in [9.17, 15) is 13.2 Å². The molecule has 0 heterocycles. The van der Waals surface area contributed by atoms with Gasteiger partial charge in [0.1, 0.15) is 0 Å². The molecule has 0 aromatic heterocycles. The first-order valence-corrected chi connectivity index (χ1v) is 7.26. The first kappa shape index (κ1) is 15.4. The van der Waals surface area contributed by atoms with Gasteiger partial charge in [0.2, 0.25) is 0 Å². The van der Waals surface area contributed by atoms with Crippen molar-refractivity contribution in [2.24, 2.45) is 17.6 Å². The van der Waals surface area contributed by atoms with E-state index in [1.54, 1.807) is 13.0 Å². The zero-order valence-corrected chi connectivity index (χ0v) is 12.0. The number of hydrogen-bond acceptors (Lipinski definition) is 1. The molecule has 0 aliphatic heterocycles. The van der Waals surface area contributed by atoms with E-state index >= 15 is 0 Å². The summed E-state index contributed by atoms with van der Waals surface area (Å²) in [5.41, 5.74) is 7.21. The molecule has 1 aliphatic carbocycles. The molecule has 1 saturated carbocycles. The van der Waals surface area contributed by atoms with Crippen LogP contribution in [-0.2, 0) is 6.18 Å². The van der Waals surface area contributed by atoms with Gasteiger partial charge in [0.05, 0.1) is 5.56 Å². The van der Waals surface area contributed by atoms with Crippen molar-refractivity contribution in [3.63, 3.8) is 0 Å². The number of rotatable bonds is 3. The van der Waals surface area contributed by atoms with Gasteiger partial charge in [-0.05, 0) is 54.9 Å². The van der Waals surface area contributed by atoms with Crippen LogP contribution in [0.3, 0.4) is 0 Å². The van der Waals surface area contributed by atoms with Crippen molar-refractivity contribution in [1.82, 2.24) is 0 Å². The summed E-state index contributed by atoms with van der Waals surface area (Å²) in [6.45, 7) is 3.90. The second-order valence-corrected chi connectivity index (χ2v) is 5.94. The van der Waals surface area contributed by atoms with Crippen molar-refractivity contribution in [3.05, 3.63) is 34.9 Å². The van der Waals surface area contributed by atoms with Crippen LogP contribution in [0.1, 0.15) is 55.3 Å². The van der Waals surface area contributed by atoms with Crippen LogP contribution in [0.5, 0.6) is 0 Å². The first-order valence-electron chi connectivity index (χ1n) is 7.26. The molecule has 3 unspecified atom stereocenters. The first-order chi connectivity index (χ1) is 9.32. The van der Waals surface area contributed by atoms with Gasteiger partial charge in [0.15, 0.2) is 0 Å². The van der Waals surface area contributed by atoms with Crippen LogP contribution >= 0.6 is 0 Å². The number of hydrogen-bond donors (Lipinski definition) is 1. The Kier molecular flexibility index (Phi) is 4.43. The fourth-order valence-corrected chi connectivity index (χ4v) is 3.29. The minimum atomic E-state index is -4.28. The van der Waals surface area contributed by atoms with Crippen LogP contribution in [0.2, 0.25) is 0 Å². The van der Waals surface area contributed by atoms with Crippen molar-refractivity contribution in [2.75, 3.05) is 0 Å². The van der Waals surface area contributed by atoms with Crippen LogP contribution in [-0.4, -0.2) is 0 Å². The Labute approximate surface area is 118 Å². The van der Waals surface area contributed by atoms with Gasteiger partial charge in [0.25, 0.3) is 0 Å². The smallest absolute Gasteiger partial charge is 0.324 e. The molecule has 2 rings (SSSR count). The molecule has 3 atom stereocenters. The molecule has 0 saturated heterocycles. The van der Waals surface area contributed by atoms with E-state index in [-0.39, 0.29) is 6.04 Å². The molecular weight excluding hydrogens is 263 g/mol. The van der Waals surface area contributed by atoms with Crippen molar-refractivity contribution in [3.8, 4) is 0 Å². The number of aryl methyl sites for hydroxylation is 1. The highest BCUT2D eigenvalue weighted by molar-refractivity contribution is 5.35. The van der Waals surface area contributed by atoms with E-state index in [4.69, 9.17) is 5.73 Å². The van der Waals surface area contributed by atoms with Gasteiger partial charge >= 0.3 is 6.18 Å². The molecule has 1 fully saturated rings. The highest BCUT2D eigenvalue weighted by Gasteiger charge is 2.33. The maximum Gasteiger partial charge on any atom is 0.416 e. The molecule has 112 valence electrons. The van der Waals surface area contributed by atoms with Crippen molar-refractivity contribution in [2.45, 2.75) is 51.7 Å². The molecule has 0 bridgehead atoms. The van der Waals surface area contributed by atoms with Crippen LogP contribution in [0, 0.1) is 18.8 Å². The average Bonchev–Trinajstić information content (AvgIpc) is 2.85. The standard InChI is InChI=1S/C16H22F3N/c1-3-11-4-5-12(9-11)15(20)14-7-6-13(8-10(14)2)16(17,18)19/h6-8,11-12,15H,3-5,9,20H2,1-2H3. The number of benzene rings is 1. The van der Waals surface area contributed by atoms with Gasteiger partial charge in [-0.15, -0.1) is 0 Å². The van der Waals surface area contributed by atoms with Gasteiger partial charge in [-0.2, -0.15) is 13.2 Å². The van der Waals surface area contributed by atoms with Crippen molar-refractivity contribution >= 4 is 0 Å². The van der Waals surface area contributed by atoms with Crippen LogP contribution < -0.4 is 5.73 Å². The Balaban J connectivity index is 2.17. The lowest BCUT2D eigenvalue weighted by atomic mass is 9.88. The highest BCUT2D eigenvalue weighted by atomic mass is 19.4. The fraction of sp³-hybridized carbons (Fsp3) is 0.625. The van der Waals surface area contributed by atoms with Gasteiger partial charge < -0.3 is 5.73 Å². The molecule has 0 amide bonds. The molecule has 0 spiro atoms. The summed E-state index contributed by atoms with van der Waals surface area (Å²) in [6, 6.07) is 3.77. The molecule has 1 aromatic carbocycles. The topological polar surface area (TPSA) is 26.0 Å². The average molecular weight is 285 g/mol. The van der Waals surface area contributed by atoms with Gasteiger partial charge in [-0.25, -0.2) is 0 Å². The number of halogens is 3. The predicted octanol–water partition coefficient (Wildman–Crippen LogP) is 4.84. The molecule has 1 aromatic rings. The fourth-order valence-electron chi connectivity index (χ4n) is 3.29. The molecule has 1 nitrogen and oxygen atoms in total. The van der Waals surface area contributed by atoms with Crippen molar-refractivity contribution in [1.29, 1.82) is 0 Å². The zero-order valence-electron chi connectivity index (χ0n) is 12.0. The third-order valence-electron chi connectivity index (χ3n) is 4.62. The monoisotopic (exact) mass is 285 g/mol. The summed E-state index contributed by atoms with van der Waals surface area (Å²) >= 11 is 0. The minimum absolute atomic E-state index is 0.145. The number of alkyl halides is 3. The molecule has 2 N–H and O–H groups in total. The zero-order chi connectivity index (χ0) is 14.9. The second kappa shape index (κ2) is 5.76. The molecule has 1 aliphatic rings. The lowest BCUT2D eigenvalue weighted by molar-refractivity contribution is -0.137. The van der Waals surface area contributed by atoms with Crippen LogP contribution in [0.15, 0.2) is 18.2 Å². The SMILES string of the molecule is CCC1CCC(C(N)c2ccc(C(F)(F)F)cc2C)C1. The van der Waals surface area contributed by atoms with Gasteiger partial charge in [-0.1, -0.05) is 25.8 Å². The quantitative estimate of drug-likeness (QED) is 0.845.